The van der Waals surface area contributed by atoms with Crippen LogP contribution in [0, 0.1) is 0 Å². The first kappa shape index (κ1) is 11.8. The largest absolute Gasteiger partial charge is 0.494 e. The highest BCUT2D eigenvalue weighted by atomic mass is 79.9. The Labute approximate surface area is 92.6 Å². The lowest BCUT2D eigenvalue weighted by Crippen LogP contribution is -2.16. The van der Waals surface area contributed by atoms with Gasteiger partial charge in [0.1, 0.15) is 10.3 Å². The van der Waals surface area contributed by atoms with Gasteiger partial charge in [-0.1, -0.05) is 0 Å². The van der Waals surface area contributed by atoms with Crippen LogP contribution in [0.25, 0.3) is 0 Å². The second-order valence-electron chi connectivity index (χ2n) is 2.58. The number of ether oxygens (including phenoxy) is 1. The zero-order valence-electron chi connectivity index (χ0n) is 7.63. The minimum Gasteiger partial charge on any atom is -0.494 e. The highest BCUT2D eigenvalue weighted by Gasteiger charge is 2.21. The number of primary amides is 1. The summed E-state index contributed by atoms with van der Waals surface area (Å²) in [5, 5.41) is 0. The van der Waals surface area contributed by atoms with E-state index in [1.54, 1.807) is 0 Å². The number of halogens is 3. The monoisotopic (exact) mass is 280 g/mol. The average Bonchev–Trinajstić information content (AvgIpc) is 2.16. The third kappa shape index (κ3) is 2.41. The maximum Gasteiger partial charge on any atom is 0.267 e. The van der Waals surface area contributed by atoms with E-state index < -0.39 is 23.6 Å². The minimum absolute atomic E-state index is 0.121. The van der Waals surface area contributed by atoms with Gasteiger partial charge in [0.05, 0.1) is 12.7 Å². The van der Waals surface area contributed by atoms with Gasteiger partial charge in [-0.2, -0.15) is 0 Å². The second-order valence-corrected chi connectivity index (χ2v) is 3.34. The number of hydrogen-bond acceptors (Lipinski definition) is 3. The fourth-order valence-corrected chi connectivity index (χ4v) is 1.45. The minimum atomic E-state index is -2.83. The first-order chi connectivity index (χ1) is 6.97. The molecule has 7 heteroatoms. The van der Waals surface area contributed by atoms with Gasteiger partial charge in [-0.3, -0.25) is 4.79 Å². The molecular weight excluding hydrogens is 274 g/mol. The molecule has 1 aromatic rings. The topological polar surface area (TPSA) is 65.2 Å². The predicted octanol–water partition coefficient (Wildman–Crippen LogP) is 1.89. The van der Waals surface area contributed by atoms with E-state index in [1.165, 1.54) is 7.11 Å². The summed E-state index contributed by atoms with van der Waals surface area (Å²) in [5.41, 5.74) is 3.92. The Morgan fingerprint density at radius 1 is 1.67 bits per heavy atom. The third-order valence-electron chi connectivity index (χ3n) is 1.66. The summed E-state index contributed by atoms with van der Waals surface area (Å²) in [6, 6.07) is 1.03. The normalized spacial score (nSPS) is 10.5. The Bertz CT molecular complexity index is 398. The van der Waals surface area contributed by atoms with Crippen molar-refractivity contribution >= 4 is 21.8 Å². The van der Waals surface area contributed by atoms with Gasteiger partial charge < -0.3 is 10.5 Å². The molecule has 4 nitrogen and oxygen atoms in total. The predicted molar refractivity (Wildman–Crippen MR) is 52.0 cm³/mol. The van der Waals surface area contributed by atoms with E-state index in [-0.39, 0.29) is 10.4 Å². The number of rotatable bonds is 3. The molecule has 1 heterocycles. The van der Waals surface area contributed by atoms with E-state index in [0.717, 1.165) is 6.07 Å². The van der Waals surface area contributed by atoms with Crippen molar-refractivity contribution in [2.75, 3.05) is 7.11 Å². The molecular formula is C8H7BrF2N2O2. The highest BCUT2D eigenvalue weighted by molar-refractivity contribution is 9.10. The van der Waals surface area contributed by atoms with Gasteiger partial charge in [0.15, 0.2) is 5.75 Å². The molecule has 0 aliphatic rings. The van der Waals surface area contributed by atoms with E-state index >= 15 is 0 Å². The van der Waals surface area contributed by atoms with E-state index in [2.05, 4.69) is 20.9 Å². The van der Waals surface area contributed by atoms with Crippen LogP contribution in [0.4, 0.5) is 8.78 Å². The molecule has 0 atom stereocenters. The summed E-state index contributed by atoms with van der Waals surface area (Å²) in [7, 11) is 1.31. The zero-order valence-corrected chi connectivity index (χ0v) is 9.22. The summed E-state index contributed by atoms with van der Waals surface area (Å²) >= 11 is 2.97. The van der Waals surface area contributed by atoms with Gasteiger partial charge in [-0.25, -0.2) is 13.8 Å². The van der Waals surface area contributed by atoms with E-state index in [9.17, 15) is 13.6 Å². The van der Waals surface area contributed by atoms with Crippen molar-refractivity contribution in [3.63, 3.8) is 0 Å². The molecule has 1 rings (SSSR count). The highest BCUT2D eigenvalue weighted by Crippen LogP contribution is 2.30. The Kier molecular flexibility index (Phi) is 3.57. The molecule has 1 amide bonds. The van der Waals surface area contributed by atoms with Crippen LogP contribution in [0.1, 0.15) is 22.5 Å². The number of aromatic nitrogens is 1. The van der Waals surface area contributed by atoms with Crippen molar-refractivity contribution in [2.45, 2.75) is 6.43 Å². The van der Waals surface area contributed by atoms with Crippen molar-refractivity contribution in [3.05, 3.63) is 21.9 Å². The third-order valence-corrected chi connectivity index (χ3v) is 2.23. The molecule has 15 heavy (non-hydrogen) atoms. The van der Waals surface area contributed by atoms with Crippen LogP contribution in [0.15, 0.2) is 10.7 Å². The fraction of sp³-hybridized carbons (Fsp3) is 0.250. The van der Waals surface area contributed by atoms with Crippen molar-refractivity contribution < 1.29 is 18.3 Å². The Hall–Kier alpha value is -1.24. The SMILES string of the molecule is COc1cc(C(F)F)c(C(N)=O)nc1Br. The summed E-state index contributed by atoms with van der Waals surface area (Å²) in [4.78, 5) is 14.4. The Morgan fingerprint density at radius 3 is 2.67 bits per heavy atom. The number of alkyl halides is 2. The fourth-order valence-electron chi connectivity index (χ4n) is 0.994. The van der Waals surface area contributed by atoms with Crippen LogP contribution in [0.3, 0.4) is 0 Å². The first-order valence-corrected chi connectivity index (χ1v) is 4.59. The summed E-state index contributed by atoms with van der Waals surface area (Å²) < 4.78 is 30.0. The van der Waals surface area contributed by atoms with Gasteiger partial charge in [0.25, 0.3) is 12.3 Å². The lowest BCUT2D eigenvalue weighted by atomic mass is 10.2. The number of methoxy groups -OCH3 is 1. The lowest BCUT2D eigenvalue weighted by molar-refractivity contribution is 0.0979. The van der Waals surface area contributed by atoms with Crippen LogP contribution >= 0.6 is 15.9 Å². The maximum atomic E-state index is 12.5. The zero-order chi connectivity index (χ0) is 11.6. The summed E-state index contributed by atoms with van der Waals surface area (Å²) in [6.45, 7) is 0. The number of carbonyl (C=O) groups excluding carboxylic acids is 1. The number of hydrogen-bond donors (Lipinski definition) is 1. The smallest absolute Gasteiger partial charge is 0.267 e. The van der Waals surface area contributed by atoms with E-state index in [4.69, 9.17) is 10.5 Å². The number of amides is 1. The molecule has 0 bridgehead atoms. The van der Waals surface area contributed by atoms with E-state index in [0.29, 0.717) is 0 Å². The molecule has 82 valence electrons. The van der Waals surface area contributed by atoms with Crippen molar-refractivity contribution in [1.29, 1.82) is 0 Å². The molecule has 0 spiro atoms. The summed E-state index contributed by atoms with van der Waals surface area (Å²) in [6.07, 6.45) is -2.83. The Morgan fingerprint density at radius 2 is 2.27 bits per heavy atom. The van der Waals surface area contributed by atoms with Gasteiger partial charge in [-0.15, -0.1) is 0 Å². The van der Waals surface area contributed by atoms with Gasteiger partial charge >= 0.3 is 0 Å². The molecule has 0 radical (unpaired) electrons. The molecule has 0 unspecified atom stereocenters. The van der Waals surface area contributed by atoms with E-state index in [1.807, 2.05) is 0 Å². The van der Waals surface area contributed by atoms with Crippen LogP contribution < -0.4 is 10.5 Å². The van der Waals surface area contributed by atoms with Gasteiger partial charge in [-0.05, 0) is 22.0 Å². The molecule has 1 aromatic heterocycles. The Balaban J connectivity index is 3.38. The van der Waals surface area contributed by atoms with Crippen molar-refractivity contribution in [3.8, 4) is 5.75 Å². The number of pyridine rings is 1. The molecule has 2 N–H and O–H groups in total. The quantitative estimate of drug-likeness (QED) is 0.860. The average molecular weight is 281 g/mol. The molecule has 0 aliphatic carbocycles. The number of carbonyl (C=O) groups is 1. The summed E-state index contributed by atoms with van der Waals surface area (Å²) in [5.74, 6) is -0.885. The van der Waals surface area contributed by atoms with Crippen molar-refractivity contribution in [2.24, 2.45) is 5.73 Å². The maximum absolute atomic E-state index is 12.5. The molecule has 0 saturated carbocycles. The lowest BCUT2D eigenvalue weighted by Gasteiger charge is -2.09. The second kappa shape index (κ2) is 4.52. The molecule has 0 fully saturated rings. The number of nitrogens with zero attached hydrogens (tertiary/aromatic N) is 1. The molecule has 0 aromatic carbocycles. The first-order valence-electron chi connectivity index (χ1n) is 3.79. The van der Waals surface area contributed by atoms with Gasteiger partial charge in [0.2, 0.25) is 0 Å². The molecule has 0 aliphatic heterocycles. The molecule has 0 saturated heterocycles. The van der Waals surface area contributed by atoms with Crippen LogP contribution in [-0.2, 0) is 0 Å². The van der Waals surface area contributed by atoms with Crippen molar-refractivity contribution in [1.82, 2.24) is 4.98 Å². The van der Waals surface area contributed by atoms with Crippen LogP contribution in [0.2, 0.25) is 0 Å². The van der Waals surface area contributed by atoms with Crippen LogP contribution in [-0.4, -0.2) is 18.0 Å². The standard InChI is InChI=1S/C8H7BrF2N2O2/c1-15-4-2-3(7(10)11)5(8(12)14)13-6(4)9/h2,7H,1H3,(H2,12,14). The number of nitrogens with two attached hydrogens (primary N) is 1. The van der Waals surface area contributed by atoms with Gasteiger partial charge in [0, 0.05) is 0 Å². The van der Waals surface area contributed by atoms with Crippen LogP contribution in [0.5, 0.6) is 5.75 Å².